The number of benzene rings is 1. The number of amides is 1. The van der Waals surface area contributed by atoms with Gasteiger partial charge in [-0.25, -0.2) is 0 Å². The molecule has 0 fully saturated rings. The van der Waals surface area contributed by atoms with Crippen LogP contribution in [0.15, 0.2) is 24.3 Å². The maximum atomic E-state index is 12.2. The zero-order chi connectivity index (χ0) is 14.5. The van der Waals surface area contributed by atoms with Gasteiger partial charge in [-0.1, -0.05) is 25.1 Å². The molecule has 1 aromatic carbocycles. The van der Waals surface area contributed by atoms with Gasteiger partial charge in [0.05, 0.1) is 0 Å². The Morgan fingerprint density at radius 2 is 2.00 bits per heavy atom. The Kier molecular flexibility index (Phi) is 5.35. The fourth-order valence-electron chi connectivity index (χ4n) is 1.50. The predicted molar refractivity (Wildman–Crippen MR) is 67.7 cm³/mol. The second-order valence-corrected chi connectivity index (χ2v) is 4.40. The van der Waals surface area contributed by atoms with E-state index in [-0.39, 0.29) is 24.8 Å². The van der Waals surface area contributed by atoms with Crippen LogP contribution in [0.25, 0.3) is 0 Å². The molecule has 3 N–H and O–H groups in total. The van der Waals surface area contributed by atoms with Gasteiger partial charge in [-0.15, -0.1) is 0 Å². The number of carbonyl (C=O) groups excluding carboxylic acids is 1. The lowest BCUT2D eigenvalue weighted by Crippen LogP contribution is -2.27. The molecule has 1 rings (SSSR count). The van der Waals surface area contributed by atoms with E-state index < -0.39 is 12.6 Å². The summed E-state index contributed by atoms with van der Waals surface area (Å²) in [6.45, 7) is 1.85. The van der Waals surface area contributed by atoms with E-state index >= 15 is 0 Å². The number of hydrogen-bond acceptors (Lipinski definition) is 2. The molecule has 0 aromatic heterocycles. The van der Waals surface area contributed by atoms with Crippen molar-refractivity contribution in [2.75, 3.05) is 11.9 Å². The van der Waals surface area contributed by atoms with Crippen LogP contribution in [0.4, 0.5) is 18.9 Å². The summed E-state index contributed by atoms with van der Waals surface area (Å²) in [4.78, 5) is 11.7. The van der Waals surface area contributed by atoms with Crippen molar-refractivity contribution in [3.63, 3.8) is 0 Å². The Balaban J connectivity index is 2.76. The number of nitrogens with one attached hydrogen (secondary N) is 1. The molecule has 1 amide bonds. The summed E-state index contributed by atoms with van der Waals surface area (Å²) in [7, 11) is 0. The molecule has 0 heterocycles. The maximum Gasteiger partial charge on any atom is 0.389 e. The summed E-state index contributed by atoms with van der Waals surface area (Å²) >= 11 is 0. The second-order valence-electron chi connectivity index (χ2n) is 4.40. The SMILES string of the molecule is CC(CN)C(=O)Nc1ccccc1CCC(F)(F)F. The monoisotopic (exact) mass is 274 g/mol. The first-order valence-electron chi connectivity index (χ1n) is 5.99. The first-order chi connectivity index (χ1) is 8.83. The van der Waals surface area contributed by atoms with Crippen LogP contribution in [0.2, 0.25) is 0 Å². The molecule has 1 atom stereocenters. The molecule has 0 aliphatic rings. The van der Waals surface area contributed by atoms with Gasteiger partial charge in [0, 0.05) is 24.6 Å². The molecule has 1 unspecified atom stereocenters. The van der Waals surface area contributed by atoms with Gasteiger partial charge in [-0.05, 0) is 18.1 Å². The van der Waals surface area contributed by atoms with Crippen LogP contribution >= 0.6 is 0 Å². The van der Waals surface area contributed by atoms with Crippen molar-refractivity contribution in [2.45, 2.75) is 25.9 Å². The van der Waals surface area contributed by atoms with Crippen LogP contribution in [-0.2, 0) is 11.2 Å². The standard InChI is InChI=1S/C13H17F3N2O/c1-9(8-17)12(19)18-11-5-3-2-4-10(11)6-7-13(14,15)16/h2-5,9H,6-8,17H2,1H3,(H,18,19). The van der Waals surface area contributed by atoms with E-state index in [1.54, 1.807) is 31.2 Å². The van der Waals surface area contributed by atoms with Crippen molar-refractivity contribution in [3.05, 3.63) is 29.8 Å². The molecule has 3 nitrogen and oxygen atoms in total. The zero-order valence-corrected chi connectivity index (χ0v) is 10.6. The molecule has 0 aliphatic carbocycles. The Hall–Kier alpha value is -1.56. The number of hydrogen-bond donors (Lipinski definition) is 2. The van der Waals surface area contributed by atoms with E-state index in [0.717, 1.165) is 0 Å². The Labute approximate surface area is 110 Å². The smallest absolute Gasteiger partial charge is 0.330 e. The molecule has 0 bridgehead atoms. The summed E-state index contributed by atoms with van der Waals surface area (Å²) in [5.41, 5.74) is 6.25. The minimum Gasteiger partial charge on any atom is -0.330 e. The minimum absolute atomic E-state index is 0.156. The van der Waals surface area contributed by atoms with Gasteiger partial charge in [-0.3, -0.25) is 4.79 Å². The van der Waals surface area contributed by atoms with Crippen LogP contribution in [0.1, 0.15) is 18.9 Å². The number of halogens is 3. The van der Waals surface area contributed by atoms with Gasteiger partial charge in [-0.2, -0.15) is 13.2 Å². The lowest BCUT2D eigenvalue weighted by molar-refractivity contribution is -0.133. The number of para-hydroxylation sites is 1. The highest BCUT2D eigenvalue weighted by Gasteiger charge is 2.27. The van der Waals surface area contributed by atoms with Crippen molar-refractivity contribution in [1.29, 1.82) is 0 Å². The van der Waals surface area contributed by atoms with Gasteiger partial charge >= 0.3 is 6.18 Å². The first-order valence-corrected chi connectivity index (χ1v) is 5.99. The van der Waals surface area contributed by atoms with Gasteiger partial charge in [0.2, 0.25) is 5.91 Å². The van der Waals surface area contributed by atoms with Crippen molar-refractivity contribution in [2.24, 2.45) is 11.7 Å². The van der Waals surface area contributed by atoms with Crippen molar-refractivity contribution >= 4 is 11.6 Å². The van der Waals surface area contributed by atoms with E-state index in [2.05, 4.69) is 5.32 Å². The Bertz CT molecular complexity index is 432. The number of anilines is 1. The maximum absolute atomic E-state index is 12.2. The van der Waals surface area contributed by atoms with Gasteiger partial charge in [0.25, 0.3) is 0 Å². The lowest BCUT2D eigenvalue weighted by atomic mass is 10.1. The molecule has 0 spiro atoms. The molecule has 0 saturated carbocycles. The number of carbonyl (C=O) groups is 1. The fourth-order valence-corrected chi connectivity index (χ4v) is 1.50. The highest BCUT2D eigenvalue weighted by molar-refractivity contribution is 5.93. The third-order valence-corrected chi connectivity index (χ3v) is 2.75. The van der Waals surface area contributed by atoms with Crippen LogP contribution in [-0.4, -0.2) is 18.6 Å². The van der Waals surface area contributed by atoms with Gasteiger partial charge < -0.3 is 11.1 Å². The van der Waals surface area contributed by atoms with Gasteiger partial charge in [0.15, 0.2) is 0 Å². The van der Waals surface area contributed by atoms with E-state index in [0.29, 0.717) is 11.3 Å². The van der Waals surface area contributed by atoms with Gasteiger partial charge in [0.1, 0.15) is 0 Å². The van der Waals surface area contributed by atoms with E-state index in [1.807, 2.05) is 0 Å². The average Bonchev–Trinajstić information content (AvgIpc) is 2.35. The van der Waals surface area contributed by atoms with E-state index in [4.69, 9.17) is 5.73 Å². The molecule has 0 saturated heterocycles. The third kappa shape index (κ3) is 5.30. The van der Waals surface area contributed by atoms with Crippen LogP contribution in [0.3, 0.4) is 0 Å². The topological polar surface area (TPSA) is 55.1 Å². The molecular formula is C13H17F3N2O. The van der Waals surface area contributed by atoms with Crippen LogP contribution in [0.5, 0.6) is 0 Å². The predicted octanol–water partition coefficient (Wildman–Crippen LogP) is 2.71. The van der Waals surface area contributed by atoms with E-state index in [1.165, 1.54) is 0 Å². The van der Waals surface area contributed by atoms with Crippen molar-refractivity contribution in [1.82, 2.24) is 0 Å². The fraction of sp³-hybridized carbons (Fsp3) is 0.462. The number of nitrogens with two attached hydrogens (primary N) is 1. The van der Waals surface area contributed by atoms with E-state index in [9.17, 15) is 18.0 Å². The summed E-state index contributed by atoms with van der Waals surface area (Å²) in [6, 6.07) is 6.48. The van der Waals surface area contributed by atoms with Crippen LogP contribution in [0, 0.1) is 5.92 Å². The molecule has 6 heteroatoms. The Morgan fingerprint density at radius 1 is 1.37 bits per heavy atom. The summed E-state index contributed by atoms with van der Waals surface area (Å²) in [5, 5.41) is 2.61. The summed E-state index contributed by atoms with van der Waals surface area (Å²) in [5.74, 6) is -0.669. The van der Waals surface area contributed by atoms with Crippen molar-refractivity contribution < 1.29 is 18.0 Å². The minimum atomic E-state index is -4.21. The largest absolute Gasteiger partial charge is 0.389 e. The number of rotatable bonds is 5. The quantitative estimate of drug-likeness (QED) is 0.867. The second kappa shape index (κ2) is 6.56. The molecule has 0 aliphatic heterocycles. The summed E-state index contributed by atoms with van der Waals surface area (Å²) < 4.78 is 36.6. The molecule has 0 radical (unpaired) electrons. The third-order valence-electron chi connectivity index (χ3n) is 2.75. The number of aryl methyl sites for hydroxylation is 1. The van der Waals surface area contributed by atoms with Crippen LogP contribution < -0.4 is 11.1 Å². The highest BCUT2D eigenvalue weighted by Crippen LogP contribution is 2.25. The normalized spacial score (nSPS) is 13.1. The van der Waals surface area contributed by atoms with Crippen molar-refractivity contribution in [3.8, 4) is 0 Å². The molecule has 1 aromatic rings. The Morgan fingerprint density at radius 3 is 2.58 bits per heavy atom. The lowest BCUT2D eigenvalue weighted by Gasteiger charge is -2.14. The first kappa shape index (κ1) is 15.5. The average molecular weight is 274 g/mol. The molecular weight excluding hydrogens is 257 g/mol. The highest BCUT2D eigenvalue weighted by atomic mass is 19.4. The molecule has 106 valence electrons. The number of alkyl halides is 3. The molecule has 19 heavy (non-hydrogen) atoms. The summed E-state index contributed by atoms with van der Waals surface area (Å²) in [6.07, 6.45) is -5.27. The zero-order valence-electron chi connectivity index (χ0n) is 10.6.